The van der Waals surface area contributed by atoms with Crippen molar-refractivity contribution >= 4 is 5.69 Å². The van der Waals surface area contributed by atoms with Gasteiger partial charge in [0.05, 0.1) is 5.41 Å². The minimum absolute atomic E-state index is 0.00329. The van der Waals surface area contributed by atoms with E-state index in [0.717, 1.165) is 18.4 Å². The van der Waals surface area contributed by atoms with Crippen LogP contribution in [0.15, 0.2) is 24.3 Å². The Labute approximate surface area is 132 Å². The number of ether oxygens (including phenoxy) is 1. The van der Waals surface area contributed by atoms with Crippen LogP contribution in [0.1, 0.15) is 37.7 Å². The first-order chi connectivity index (χ1) is 10.9. The summed E-state index contributed by atoms with van der Waals surface area (Å²) in [6.07, 6.45) is 6.61. The molecule has 116 valence electrons. The van der Waals surface area contributed by atoms with Crippen LogP contribution in [-0.4, -0.2) is 36.4 Å². The highest BCUT2D eigenvalue weighted by Crippen LogP contribution is 2.67. The molecule has 22 heavy (non-hydrogen) atoms. The summed E-state index contributed by atoms with van der Waals surface area (Å²) in [5.41, 5.74) is 3.12. The molecular weight excluding hydrogens is 272 g/mol. The molecule has 1 N–H and O–H groups in total. The van der Waals surface area contributed by atoms with Gasteiger partial charge in [0.2, 0.25) is 0 Å². The lowest BCUT2D eigenvalue weighted by atomic mass is 9.54. The lowest BCUT2D eigenvalue weighted by molar-refractivity contribution is -0.276. The molecule has 0 radical (unpaired) electrons. The van der Waals surface area contributed by atoms with Gasteiger partial charge in [-0.25, -0.2) is 0 Å². The molecule has 0 amide bonds. The lowest BCUT2D eigenvalue weighted by Gasteiger charge is -2.63. The second-order valence-corrected chi connectivity index (χ2v) is 8.02. The molecule has 3 heteroatoms. The first-order valence-electron chi connectivity index (χ1n) is 9.11. The number of hydrogen-bond acceptors (Lipinski definition) is 3. The normalized spacial score (nSPS) is 48.3. The van der Waals surface area contributed by atoms with Gasteiger partial charge in [0, 0.05) is 37.3 Å². The van der Waals surface area contributed by atoms with E-state index in [1.165, 1.54) is 50.9 Å². The summed E-state index contributed by atoms with van der Waals surface area (Å²) in [6, 6.07) is 9.63. The van der Waals surface area contributed by atoms with Gasteiger partial charge in [-0.15, -0.1) is 0 Å². The predicted molar refractivity (Wildman–Crippen MR) is 85.9 cm³/mol. The number of nitrogens with zero attached hydrogens (tertiary/aromatic N) is 1. The number of para-hydroxylation sites is 1. The second kappa shape index (κ2) is 3.88. The zero-order chi connectivity index (χ0) is 14.4. The van der Waals surface area contributed by atoms with Crippen LogP contribution >= 0.6 is 0 Å². The fourth-order valence-corrected chi connectivity index (χ4v) is 7.01. The first kappa shape index (κ1) is 12.4. The van der Waals surface area contributed by atoms with E-state index in [1.807, 2.05) is 0 Å². The summed E-state index contributed by atoms with van der Waals surface area (Å²) in [7, 11) is 0. The van der Waals surface area contributed by atoms with E-state index in [-0.39, 0.29) is 11.1 Å². The zero-order valence-electron chi connectivity index (χ0n) is 13.1. The molecule has 3 nitrogen and oxygen atoms in total. The minimum atomic E-state index is -0.00329. The van der Waals surface area contributed by atoms with Crippen molar-refractivity contribution in [1.29, 1.82) is 0 Å². The predicted octanol–water partition coefficient (Wildman–Crippen LogP) is 2.97. The number of rotatable bonds is 0. The Kier molecular flexibility index (Phi) is 2.18. The van der Waals surface area contributed by atoms with Gasteiger partial charge in [0.1, 0.15) is 5.72 Å². The fourth-order valence-electron chi connectivity index (χ4n) is 7.01. The molecular formula is C19H24N2O. The maximum absolute atomic E-state index is 6.77. The van der Waals surface area contributed by atoms with Crippen LogP contribution in [-0.2, 0) is 10.2 Å². The Balaban J connectivity index is 1.63. The number of piperidine rings is 1. The standard InChI is InChI=1S/C19H24N2O/c1-2-4-16-15(3-1)18-9-11-21-10-7-13-8-12-22-19(18,21)14(13)5-6-17(18)20-16/h1-4,13-14,17,20H,5-12H2/t13-,14-,17+,18+,19-/m0/s1. The van der Waals surface area contributed by atoms with Crippen LogP contribution < -0.4 is 5.32 Å². The van der Waals surface area contributed by atoms with E-state index in [2.05, 4.69) is 34.5 Å². The summed E-state index contributed by atoms with van der Waals surface area (Å²) in [5, 5.41) is 3.88. The number of nitrogens with one attached hydrogen (secondary N) is 1. The van der Waals surface area contributed by atoms with Crippen LogP contribution in [0.3, 0.4) is 0 Å². The average Bonchev–Trinajstić information content (AvgIpc) is 3.05. The van der Waals surface area contributed by atoms with Gasteiger partial charge in [-0.3, -0.25) is 4.90 Å². The van der Waals surface area contributed by atoms with E-state index >= 15 is 0 Å². The summed E-state index contributed by atoms with van der Waals surface area (Å²) in [6.45, 7) is 3.43. The SMILES string of the molecule is c1ccc2c(c1)N[C@@H]1CC[C@H]3[C@@H]4CCO[C@@]35N(CC4)CC[C@@]215. The molecule has 4 aliphatic heterocycles. The Morgan fingerprint density at radius 3 is 3.05 bits per heavy atom. The molecule has 1 aromatic carbocycles. The van der Waals surface area contributed by atoms with E-state index in [4.69, 9.17) is 4.74 Å². The monoisotopic (exact) mass is 296 g/mol. The van der Waals surface area contributed by atoms with Crippen molar-refractivity contribution < 1.29 is 4.74 Å². The summed E-state index contributed by atoms with van der Waals surface area (Å²) in [4.78, 5) is 2.74. The Hall–Kier alpha value is -1.06. The van der Waals surface area contributed by atoms with Gasteiger partial charge in [-0.1, -0.05) is 18.2 Å². The average molecular weight is 296 g/mol. The third kappa shape index (κ3) is 1.11. The molecule has 1 aliphatic carbocycles. The van der Waals surface area contributed by atoms with Crippen molar-refractivity contribution in [2.75, 3.05) is 25.0 Å². The molecule has 2 bridgehead atoms. The van der Waals surface area contributed by atoms with Crippen LogP contribution in [0, 0.1) is 11.8 Å². The van der Waals surface area contributed by atoms with E-state index in [1.54, 1.807) is 5.56 Å². The van der Waals surface area contributed by atoms with Crippen LogP contribution in [0.25, 0.3) is 0 Å². The van der Waals surface area contributed by atoms with E-state index in [9.17, 15) is 0 Å². The van der Waals surface area contributed by atoms with Crippen molar-refractivity contribution in [2.45, 2.75) is 49.3 Å². The van der Waals surface area contributed by atoms with Crippen molar-refractivity contribution in [3.8, 4) is 0 Å². The van der Waals surface area contributed by atoms with Gasteiger partial charge in [-0.05, 0) is 49.7 Å². The van der Waals surface area contributed by atoms with Crippen LogP contribution in [0.4, 0.5) is 5.69 Å². The zero-order valence-corrected chi connectivity index (χ0v) is 13.1. The summed E-state index contributed by atoms with van der Waals surface area (Å²) >= 11 is 0. The van der Waals surface area contributed by atoms with Crippen LogP contribution in [0.2, 0.25) is 0 Å². The third-order valence-corrected chi connectivity index (χ3v) is 7.64. The number of anilines is 1. The quantitative estimate of drug-likeness (QED) is 0.796. The van der Waals surface area contributed by atoms with Gasteiger partial charge >= 0.3 is 0 Å². The molecule has 4 fully saturated rings. The number of benzene rings is 1. The number of hydrogen-bond donors (Lipinski definition) is 1. The highest BCUT2D eigenvalue weighted by atomic mass is 16.5. The van der Waals surface area contributed by atoms with Gasteiger partial charge in [0.25, 0.3) is 0 Å². The third-order valence-electron chi connectivity index (χ3n) is 7.64. The molecule has 3 saturated heterocycles. The van der Waals surface area contributed by atoms with Gasteiger partial charge in [-0.2, -0.15) is 0 Å². The molecule has 1 saturated carbocycles. The largest absolute Gasteiger partial charge is 0.381 e. The second-order valence-electron chi connectivity index (χ2n) is 8.02. The first-order valence-corrected chi connectivity index (χ1v) is 9.11. The Morgan fingerprint density at radius 1 is 1.09 bits per heavy atom. The molecule has 5 aliphatic rings. The Bertz CT molecular complexity index is 646. The highest BCUT2D eigenvalue weighted by Gasteiger charge is 2.74. The van der Waals surface area contributed by atoms with E-state index < -0.39 is 0 Å². The van der Waals surface area contributed by atoms with Crippen molar-refractivity contribution in [2.24, 2.45) is 11.8 Å². The molecule has 0 unspecified atom stereocenters. The molecule has 1 aromatic rings. The van der Waals surface area contributed by atoms with Crippen molar-refractivity contribution in [1.82, 2.24) is 4.90 Å². The number of fused-ring (bicyclic) bond motifs is 1. The van der Waals surface area contributed by atoms with Crippen molar-refractivity contribution in [3.63, 3.8) is 0 Å². The maximum Gasteiger partial charge on any atom is 0.136 e. The lowest BCUT2D eigenvalue weighted by Crippen LogP contribution is -2.73. The van der Waals surface area contributed by atoms with Crippen LogP contribution in [0.5, 0.6) is 0 Å². The Morgan fingerprint density at radius 2 is 2.05 bits per heavy atom. The smallest absolute Gasteiger partial charge is 0.136 e. The summed E-state index contributed by atoms with van der Waals surface area (Å²) in [5.74, 6) is 1.65. The molecule has 0 aromatic heterocycles. The van der Waals surface area contributed by atoms with Crippen molar-refractivity contribution in [3.05, 3.63) is 29.8 Å². The highest BCUT2D eigenvalue weighted by molar-refractivity contribution is 5.65. The fraction of sp³-hybridized carbons (Fsp3) is 0.684. The van der Waals surface area contributed by atoms with E-state index in [0.29, 0.717) is 6.04 Å². The molecule has 5 atom stereocenters. The molecule has 4 heterocycles. The summed E-state index contributed by atoms with van der Waals surface area (Å²) < 4.78 is 6.77. The molecule has 6 rings (SSSR count). The maximum atomic E-state index is 6.77. The molecule has 2 spiro atoms. The van der Waals surface area contributed by atoms with Gasteiger partial charge < -0.3 is 10.1 Å². The minimum Gasteiger partial charge on any atom is -0.381 e. The topological polar surface area (TPSA) is 24.5 Å². The van der Waals surface area contributed by atoms with Gasteiger partial charge in [0.15, 0.2) is 0 Å².